The van der Waals surface area contributed by atoms with E-state index >= 15 is 4.39 Å². The van der Waals surface area contributed by atoms with Gasteiger partial charge < -0.3 is 31.3 Å². The number of thiophene rings is 1. The largest absolute Gasteiger partial charge is 0.467 e. The monoisotopic (exact) mass is 583 g/mol. The number of nitrogens with zero attached hydrogens (tertiary/aromatic N) is 6. The van der Waals surface area contributed by atoms with E-state index in [0.29, 0.717) is 36.0 Å². The molecule has 3 aliphatic heterocycles. The van der Waals surface area contributed by atoms with Crippen molar-refractivity contribution < 1.29 is 9.13 Å². The number of nitrogens with one attached hydrogen (secondary N) is 1. The number of thioether (sulfide) groups is 1. The summed E-state index contributed by atoms with van der Waals surface area (Å²) in [6.45, 7) is 7.88. The lowest BCUT2D eigenvalue weighted by Crippen LogP contribution is -2.57. The van der Waals surface area contributed by atoms with Gasteiger partial charge in [-0.1, -0.05) is 6.07 Å². The molecular weight excluding hydrogens is 549 g/mol. The summed E-state index contributed by atoms with van der Waals surface area (Å²) in [4.78, 5) is 17.7. The molecule has 13 heteroatoms. The highest BCUT2D eigenvalue weighted by atomic mass is 32.2. The summed E-state index contributed by atoms with van der Waals surface area (Å²) in [6.07, 6.45) is 4.40. The number of anilines is 4. The van der Waals surface area contributed by atoms with E-state index in [0.717, 1.165) is 21.8 Å². The topological polar surface area (TPSA) is 142 Å². The Morgan fingerprint density at radius 2 is 2.05 bits per heavy atom. The van der Waals surface area contributed by atoms with Crippen molar-refractivity contribution in [2.75, 3.05) is 61.1 Å². The fourth-order valence-electron chi connectivity index (χ4n) is 5.52. The quantitative estimate of drug-likeness (QED) is 0.387. The lowest BCUT2D eigenvalue weighted by atomic mass is 9.88. The normalized spacial score (nSPS) is 17.4. The van der Waals surface area contributed by atoms with Gasteiger partial charge in [-0.05, 0) is 45.8 Å². The Morgan fingerprint density at radius 1 is 1.30 bits per heavy atom. The molecule has 3 aromatic heterocycles. The van der Waals surface area contributed by atoms with Crippen LogP contribution in [0.5, 0.6) is 6.01 Å². The Bertz CT molecular complexity index is 1410. The van der Waals surface area contributed by atoms with Gasteiger partial charge in [-0.15, -0.1) is 23.1 Å². The van der Waals surface area contributed by atoms with Crippen LogP contribution < -0.4 is 31.3 Å². The van der Waals surface area contributed by atoms with Gasteiger partial charge in [0.1, 0.15) is 16.9 Å². The van der Waals surface area contributed by atoms with Crippen LogP contribution in [-0.2, 0) is 10.5 Å². The summed E-state index contributed by atoms with van der Waals surface area (Å²) in [5, 5.41) is 13.4. The summed E-state index contributed by atoms with van der Waals surface area (Å²) in [5.74, 6) is 0.989. The predicted octanol–water partition coefficient (Wildman–Crippen LogP) is 4.04. The van der Waals surface area contributed by atoms with Gasteiger partial charge in [-0.25, -0.2) is 4.98 Å². The standard InChI is InChI=1S/C23H25FN8OS2.C4H9N/c1-4-32(12(2)13-6-5-7-28-18(13)26)21-17(24)20(29-22(30-21)33-3)31-10-23(11-31)16-14(8-25)19(27)35-15(16)9-34-23;1-2-4-5-3-1/h5-7,12H,4,9-11,27H2,1-3H3,(H2,26,28);5H,1-4H2. The van der Waals surface area contributed by atoms with Crippen molar-refractivity contribution in [3.8, 4) is 12.1 Å². The molecule has 0 saturated carbocycles. The van der Waals surface area contributed by atoms with Crippen molar-refractivity contribution >= 4 is 45.6 Å². The first kappa shape index (κ1) is 28.2. The van der Waals surface area contributed by atoms with Crippen molar-refractivity contribution in [2.45, 2.75) is 43.2 Å². The van der Waals surface area contributed by atoms with Crippen molar-refractivity contribution in [3.05, 3.63) is 45.7 Å². The first-order valence-corrected chi connectivity index (χ1v) is 15.1. The van der Waals surface area contributed by atoms with Gasteiger partial charge in [0.2, 0.25) is 5.82 Å². The van der Waals surface area contributed by atoms with E-state index in [9.17, 15) is 5.26 Å². The number of hydrogen-bond donors (Lipinski definition) is 3. The SMILES string of the molecule is C1CCNC1.CCN(c1nc(OC)nc(N2CC3(C2)SCc2sc(N)c(C#N)c23)c1F)C(C)c1cccnc1N. The van der Waals surface area contributed by atoms with Crippen molar-refractivity contribution in [3.63, 3.8) is 0 Å². The van der Waals surface area contributed by atoms with E-state index in [1.807, 2.05) is 29.7 Å². The zero-order chi connectivity index (χ0) is 28.4. The van der Waals surface area contributed by atoms with Crippen LogP contribution in [0.15, 0.2) is 18.3 Å². The molecule has 1 unspecified atom stereocenters. The highest BCUT2D eigenvalue weighted by Gasteiger charge is 2.53. The molecule has 1 atom stereocenters. The Morgan fingerprint density at radius 3 is 2.65 bits per heavy atom. The van der Waals surface area contributed by atoms with Crippen LogP contribution in [-0.4, -0.2) is 54.8 Å². The number of nitriles is 1. The number of hydrogen-bond acceptors (Lipinski definition) is 12. The number of halogens is 1. The minimum Gasteiger partial charge on any atom is -0.467 e. The molecule has 0 radical (unpaired) electrons. The average molecular weight is 584 g/mol. The Kier molecular flexibility index (Phi) is 8.21. The number of fused-ring (bicyclic) bond motifs is 2. The first-order chi connectivity index (χ1) is 19.3. The van der Waals surface area contributed by atoms with Gasteiger partial charge in [-0.2, -0.15) is 19.6 Å². The molecule has 3 aliphatic rings. The predicted molar refractivity (Wildman–Crippen MR) is 159 cm³/mol. The first-order valence-electron chi connectivity index (χ1n) is 13.3. The highest BCUT2D eigenvalue weighted by molar-refractivity contribution is 8.00. The molecular formula is C27H34FN9OS2. The summed E-state index contributed by atoms with van der Waals surface area (Å²) >= 11 is 3.24. The van der Waals surface area contributed by atoms with E-state index in [4.69, 9.17) is 16.2 Å². The second-order valence-electron chi connectivity index (χ2n) is 9.96. The van der Waals surface area contributed by atoms with Gasteiger partial charge in [0, 0.05) is 47.6 Å². The van der Waals surface area contributed by atoms with Gasteiger partial charge in [0.15, 0.2) is 11.6 Å². The second kappa shape index (κ2) is 11.6. The average Bonchev–Trinajstić information content (AvgIpc) is 3.69. The number of ether oxygens (including phenoxy) is 1. The molecule has 0 bridgehead atoms. The summed E-state index contributed by atoms with van der Waals surface area (Å²) < 4.78 is 21.1. The third-order valence-corrected chi connectivity index (χ3v) is 10.2. The van der Waals surface area contributed by atoms with Crippen molar-refractivity contribution in [1.82, 2.24) is 20.3 Å². The van der Waals surface area contributed by atoms with Crippen molar-refractivity contribution in [1.29, 1.82) is 5.26 Å². The molecule has 0 aromatic carbocycles. The number of nitrogens with two attached hydrogens (primary N) is 2. The van der Waals surface area contributed by atoms with Gasteiger partial charge >= 0.3 is 6.01 Å². The molecule has 212 valence electrons. The summed E-state index contributed by atoms with van der Waals surface area (Å²) in [5.41, 5.74) is 14.5. The number of methoxy groups -OCH3 is 1. The fraction of sp³-hybridized carbons (Fsp3) is 0.481. The molecule has 40 heavy (non-hydrogen) atoms. The van der Waals surface area contributed by atoms with E-state index < -0.39 is 5.82 Å². The van der Waals surface area contributed by atoms with E-state index in [2.05, 4.69) is 26.3 Å². The van der Waals surface area contributed by atoms with E-state index in [-0.39, 0.29) is 28.4 Å². The number of aromatic nitrogens is 3. The third kappa shape index (κ3) is 5.00. The Labute approximate surface area is 241 Å². The van der Waals surface area contributed by atoms with Gasteiger partial charge in [0.25, 0.3) is 0 Å². The van der Waals surface area contributed by atoms with E-state index in [1.165, 1.54) is 44.4 Å². The van der Waals surface area contributed by atoms with Crippen LogP contribution in [0.2, 0.25) is 0 Å². The molecule has 6 heterocycles. The number of rotatable bonds is 6. The third-order valence-electron chi connectivity index (χ3n) is 7.58. The van der Waals surface area contributed by atoms with E-state index in [1.54, 1.807) is 24.0 Å². The lowest BCUT2D eigenvalue weighted by Gasteiger charge is -2.48. The highest BCUT2D eigenvalue weighted by Crippen LogP contribution is 2.58. The van der Waals surface area contributed by atoms with Crippen LogP contribution in [0.25, 0.3) is 0 Å². The minimum atomic E-state index is -0.523. The molecule has 2 fully saturated rings. The van der Waals surface area contributed by atoms with Crippen LogP contribution in [0.1, 0.15) is 54.3 Å². The Balaban J connectivity index is 0.000000582. The summed E-state index contributed by atoms with van der Waals surface area (Å²) in [7, 11) is 1.46. The number of nitrogen functional groups attached to an aromatic ring is 2. The minimum absolute atomic E-state index is 0.0828. The maximum atomic E-state index is 16.0. The molecule has 3 aromatic rings. The fourth-order valence-corrected chi connectivity index (χ4v) is 8.32. The van der Waals surface area contributed by atoms with Crippen LogP contribution in [0, 0.1) is 17.1 Å². The van der Waals surface area contributed by atoms with Crippen LogP contribution >= 0.6 is 23.1 Å². The lowest BCUT2D eigenvalue weighted by molar-refractivity contribution is 0.372. The molecule has 10 nitrogen and oxygen atoms in total. The number of pyridine rings is 1. The van der Waals surface area contributed by atoms with Crippen molar-refractivity contribution in [2.24, 2.45) is 0 Å². The smallest absolute Gasteiger partial charge is 0.320 e. The van der Waals surface area contributed by atoms with Gasteiger partial charge in [0.05, 0.1) is 23.5 Å². The molecule has 5 N–H and O–H groups in total. The molecule has 1 spiro atoms. The second-order valence-corrected chi connectivity index (χ2v) is 12.5. The molecule has 6 rings (SSSR count). The van der Waals surface area contributed by atoms with Crippen LogP contribution in [0.3, 0.4) is 0 Å². The zero-order valence-corrected chi connectivity index (χ0v) is 24.5. The Hall–Kier alpha value is -3.34. The zero-order valence-electron chi connectivity index (χ0n) is 22.9. The maximum absolute atomic E-state index is 16.0. The van der Waals surface area contributed by atoms with Crippen LogP contribution in [0.4, 0.5) is 26.8 Å². The molecule has 2 saturated heterocycles. The molecule has 0 amide bonds. The summed E-state index contributed by atoms with van der Waals surface area (Å²) in [6, 6.07) is 5.74. The maximum Gasteiger partial charge on any atom is 0.320 e. The molecule has 0 aliphatic carbocycles. The van der Waals surface area contributed by atoms with Gasteiger partial charge in [-0.3, -0.25) is 0 Å².